The van der Waals surface area contributed by atoms with Crippen LogP contribution < -0.4 is 0 Å². The number of pyridine rings is 1. The van der Waals surface area contributed by atoms with Crippen LogP contribution in [-0.2, 0) is 24.3 Å². The van der Waals surface area contributed by atoms with Crippen LogP contribution in [0, 0.1) is 23.3 Å². The maximum atomic E-state index is 13.4. The van der Waals surface area contributed by atoms with Crippen LogP contribution in [0.5, 0.6) is 0 Å². The molecule has 1 aliphatic rings. The van der Waals surface area contributed by atoms with Crippen molar-refractivity contribution in [1.82, 2.24) is 19.7 Å². The molecule has 28 heavy (non-hydrogen) atoms. The average Bonchev–Trinajstić information content (AvgIpc) is 3.10. The van der Waals surface area contributed by atoms with Crippen LogP contribution in [0.15, 0.2) is 36.7 Å². The van der Waals surface area contributed by atoms with Crippen molar-refractivity contribution < 1.29 is 22.4 Å². The topological polar surface area (TPSA) is 51.0 Å². The zero-order valence-electron chi connectivity index (χ0n) is 14.5. The van der Waals surface area contributed by atoms with Crippen LogP contribution in [0.4, 0.5) is 17.6 Å². The van der Waals surface area contributed by atoms with Crippen molar-refractivity contribution in [2.45, 2.75) is 19.5 Å². The quantitative estimate of drug-likeness (QED) is 0.510. The predicted molar refractivity (Wildman–Crippen MR) is 90.9 cm³/mol. The van der Waals surface area contributed by atoms with E-state index in [1.807, 2.05) is 0 Å². The molecule has 2 aromatic heterocycles. The molecule has 0 radical (unpaired) electrons. The highest BCUT2D eigenvalue weighted by Gasteiger charge is 2.25. The second kappa shape index (κ2) is 7.06. The highest BCUT2D eigenvalue weighted by atomic mass is 19.2. The number of nitrogens with zero attached hydrogens (tertiary/aromatic N) is 4. The molecule has 4 rings (SSSR count). The Hall–Kier alpha value is -3.23. The summed E-state index contributed by atoms with van der Waals surface area (Å²) >= 11 is 0. The van der Waals surface area contributed by atoms with Crippen LogP contribution in [0.1, 0.15) is 11.3 Å². The zero-order valence-corrected chi connectivity index (χ0v) is 14.5. The van der Waals surface area contributed by atoms with E-state index in [1.54, 1.807) is 10.9 Å². The average molecular weight is 390 g/mol. The van der Waals surface area contributed by atoms with Crippen molar-refractivity contribution >= 4 is 5.91 Å². The van der Waals surface area contributed by atoms with Crippen LogP contribution in [0.2, 0.25) is 0 Å². The fourth-order valence-corrected chi connectivity index (χ4v) is 3.20. The van der Waals surface area contributed by atoms with Crippen molar-refractivity contribution in [3.63, 3.8) is 0 Å². The molecule has 0 saturated carbocycles. The SMILES string of the molecule is O=C(Cc1cc(F)c(F)c(F)c1)N1CCn2ncc(-c3ccc(F)cn3)c2C1. The molecule has 0 spiro atoms. The van der Waals surface area contributed by atoms with Crippen molar-refractivity contribution in [2.24, 2.45) is 0 Å². The van der Waals surface area contributed by atoms with E-state index in [-0.39, 0.29) is 24.4 Å². The summed E-state index contributed by atoms with van der Waals surface area (Å²) in [4.78, 5) is 18.2. The van der Waals surface area contributed by atoms with Gasteiger partial charge in [-0.2, -0.15) is 5.10 Å². The van der Waals surface area contributed by atoms with Gasteiger partial charge in [0.1, 0.15) is 5.82 Å². The largest absolute Gasteiger partial charge is 0.335 e. The molecule has 1 aromatic carbocycles. The Morgan fingerprint density at radius 3 is 2.46 bits per heavy atom. The van der Waals surface area contributed by atoms with E-state index in [0.717, 1.165) is 24.0 Å². The lowest BCUT2D eigenvalue weighted by Crippen LogP contribution is -2.39. The van der Waals surface area contributed by atoms with Gasteiger partial charge in [-0.05, 0) is 29.8 Å². The van der Waals surface area contributed by atoms with Crippen LogP contribution >= 0.6 is 0 Å². The fraction of sp³-hybridized carbons (Fsp3) is 0.211. The lowest BCUT2D eigenvalue weighted by Gasteiger charge is -2.28. The molecule has 9 heteroatoms. The van der Waals surface area contributed by atoms with Gasteiger partial charge in [-0.1, -0.05) is 0 Å². The summed E-state index contributed by atoms with van der Waals surface area (Å²) in [6.07, 6.45) is 2.45. The molecule has 0 bridgehead atoms. The molecule has 144 valence electrons. The Balaban J connectivity index is 1.54. The molecule has 1 amide bonds. The minimum Gasteiger partial charge on any atom is -0.335 e. The van der Waals surface area contributed by atoms with Gasteiger partial charge in [-0.15, -0.1) is 0 Å². The third-order valence-corrected chi connectivity index (χ3v) is 4.63. The normalized spacial score (nSPS) is 13.5. The molecular weight excluding hydrogens is 376 g/mol. The minimum absolute atomic E-state index is 0.0564. The van der Waals surface area contributed by atoms with Gasteiger partial charge in [0.25, 0.3) is 0 Å². The number of hydrogen-bond donors (Lipinski definition) is 0. The van der Waals surface area contributed by atoms with Gasteiger partial charge in [-0.25, -0.2) is 17.6 Å². The molecular formula is C19H14F4N4O. The van der Waals surface area contributed by atoms with Crippen LogP contribution in [0.3, 0.4) is 0 Å². The molecule has 3 heterocycles. The third kappa shape index (κ3) is 3.35. The lowest BCUT2D eigenvalue weighted by molar-refractivity contribution is -0.131. The molecule has 0 fully saturated rings. The Labute approximate surface area is 157 Å². The zero-order chi connectivity index (χ0) is 19.8. The second-order valence-electron chi connectivity index (χ2n) is 6.46. The maximum absolute atomic E-state index is 13.4. The van der Waals surface area contributed by atoms with Gasteiger partial charge >= 0.3 is 0 Å². The first-order valence-corrected chi connectivity index (χ1v) is 8.50. The van der Waals surface area contributed by atoms with E-state index in [2.05, 4.69) is 10.1 Å². The first-order chi connectivity index (χ1) is 13.4. The number of rotatable bonds is 3. The van der Waals surface area contributed by atoms with Gasteiger partial charge < -0.3 is 4.90 Å². The van der Waals surface area contributed by atoms with Crippen molar-refractivity contribution in [2.75, 3.05) is 6.54 Å². The van der Waals surface area contributed by atoms with Crippen LogP contribution in [-0.4, -0.2) is 32.1 Å². The third-order valence-electron chi connectivity index (χ3n) is 4.63. The number of fused-ring (bicyclic) bond motifs is 1. The van der Waals surface area contributed by atoms with E-state index >= 15 is 0 Å². The van der Waals surface area contributed by atoms with Crippen molar-refractivity contribution in [3.8, 4) is 11.3 Å². The highest BCUT2D eigenvalue weighted by Crippen LogP contribution is 2.26. The number of halogens is 4. The first-order valence-electron chi connectivity index (χ1n) is 8.50. The highest BCUT2D eigenvalue weighted by molar-refractivity contribution is 5.79. The summed E-state index contributed by atoms with van der Waals surface area (Å²) in [6, 6.07) is 4.45. The molecule has 3 aromatic rings. The smallest absolute Gasteiger partial charge is 0.227 e. The minimum atomic E-state index is -1.56. The summed E-state index contributed by atoms with van der Waals surface area (Å²) < 4.78 is 54.7. The van der Waals surface area contributed by atoms with Crippen molar-refractivity contribution in [1.29, 1.82) is 0 Å². The summed E-state index contributed by atoms with van der Waals surface area (Å²) in [5.74, 6) is -5.03. The monoisotopic (exact) mass is 390 g/mol. The number of carbonyl (C=O) groups excluding carboxylic acids is 1. The molecule has 0 unspecified atom stereocenters. The number of hydrogen-bond acceptors (Lipinski definition) is 3. The van der Waals surface area contributed by atoms with Gasteiger partial charge in [0.15, 0.2) is 17.5 Å². The van der Waals surface area contributed by atoms with Gasteiger partial charge in [-0.3, -0.25) is 14.5 Å². The van der Waals surface area contributed by atoms with Gasteiger partial charge in [0.2, 0.25) is 5.91 Å². The van der Waals surface area contributed by atoms with E-state index in [1.165, 1.54) is 17.0 Å². The summed E-state index contributed by atoms with van der Waals surface area (Å²) in [5.41, 5.74) is 1.99. The van der Waals surface area contributed by atoms with Gasteiger partial charge in [0.05, 0.1) is 43.3 Å². The number of carbonyl (C=O) groups is 1. The Bertz CT molecular complexity index is 1030. The predicted octanol–water partition coefficient (Wildman–Crippen LogP) is 3.09. The number of amides is 1. The molecule has 0 aliphatic carbocycles. The molecule has 0 atom stereocenters. The second-order valence-corrected chi connectivity index (χ2v) is 6.46. The molecule has 5 nitrogen and oxygen atoms in total. The lowest BCUT2D eigenvalue weighted by atomic mass is 10.1. The molecule has 0 N–H and O–H groups in total. The van der Waals surface area contributed by atoms with Gasteiger partial charge in [0, 0.05) is 12.1 Å². The van der Waals surface area contributed by atoms with Crippen molar-refractivity contribution in [3.05, 3.63) is 71.2 Å². The standard InChI is InChI=1S/C19H14F4N4O/c20-12-1-2-16(24-8-12)13-9-25-27-4-3-26(10-17(13)27)18(28)7-11-5-14(21)19(23)15(22)6-11/h1-2,5-6,8-9H,3-4,7,10H2. The van der Waals surface area contributed by atoms with Crippen LogP contribution in [0.25, 0.3) is 11.3 Å². The summed E-state index contributed by atoms with van der Waals surface area (Å²) in [7, 11) is 0. The Morgan fingerprint density at radius 1 is 1.04 bits per heavy atom. The first kappa shape index (κ1) is 18.1. The number of benzene rings is 1. The maximum Gasteiger partial charge on any atom is 0.227 e. The summed E-state index contributed by atoms with van der Waals surface area (Å²) in [5, 5.41) is 4.27. The van der Waals surface area contributed by atoms with E-state index in [9.17, 15) is 22.4 Å². The molecule has 1 aliphatic heterocycles. The Kier molecular flexibility index (Phi) is 4.58. The van der Waals surface area contributed by atoms with E-state index in [0.29, 0.717) is 24.3 Å². The Morgan fingerprint density at radius 2 is 1.79 bits per heavy atom. The summed E-state index contributed by atoms with van der Waals surface area (Å²) in [6.45, 7) is 1.03. The van der Waals surface area contributed by atoms with E-state index in [4.69, 9.17) is 0 Å². The van der Waals surface area contributed by atoms with E-state index < -0.39 is 23.3 Å². The number of aromatic nitrogens is 3. The molecule has 0 saturated heterocycles. The fourth-order valence-electron chi connectivity index (χ4n) is 3.20.